The van der Waals surface area contributed by atoms with Crippen molar-refractivity contribution in [1.82, 2.24) is 20.0 Å². The highest BCUT2D eigenvalue weighted by Crippen LogP contribution is 2.43. The van der Waals surface area contributed by atoms with Crippen LogP contribution in [-0.2, 0) is 20.2 Å². The summed E-state index contributed by atoms with van der Waals surface area (Å²) in [4.78, 5) is 13.6. The fourth-order valence-corrected chi connectivity index (χ4v) is 3.19. The van der Waals surface area contributed by atoms with Crippen molar-refractivity contribution < 1.29 is 23.0 Å². The van der Waals surface area contributed by atoms with Gasteiger partial charge in [-0.3, -0.25) is 18.7 Å². The average Bonchev–Trinajstić information content (AvgIpc) is 3.09. The Kier molecular flexibility index (Phi) is 8.72. The minimum absolute atomic E-state index is 0.191. The van der Waals surface area contributed by atoms with E-state index in [1.165, 1.54) is 0 Å². The summed E-state index contributed by atoms with van der Waals surface area (Å²) in [6, 6.07) is 3.81. The minimum atomic E-state index is -3.95. The first kappa shape index (κ1) is 22.6. The Morgan fingerprint density at radius 1 is 1.07 bits per heavy atom. The number of hydrogen-bond donors (Lipinski definition) is 1. The molecule has 10 heteroatoms. The minimum Gasteiger partial charge on any atom is -0.329 e. The van der Waals surface area contributed by atoms with Crippen LogP contribution in [-0.4, -0.2) is 70.3 Å². The Balaban J connectivity index is 1.55. The van der Waals surface area contributed by atoms with Crippen LogP contribution in [0.2, 0.25) is 0 Å². The molecule has 0 aromatic carbocycles. The molecule has 2 aromatic heterocycles. The largest absolute Gasteiger partial charge is 0.472 e. The number of rotatable bonds is 13. The molecule has 0 aliphatic rings. The predicted molar refractivity (Wildman–Crippen MR) is 106 cm³/mol. The van der Waals surface area contributed by atoms with Crippen molar-refractivity contribution in [3.8, 4) is 11.3 Å². The van der Waals surface area contributed by atoms with E-state index in [1.807, 2.05) is 44.2 Å². The maximum atomic E-state index is 11.8. The predicted octanol–water partition coefficient (Wildman–Crippen LogP) is 2.74. The number of phosphoric ester groups is 1. The second-order valence-corrected chi connectivity index (χ2v) is 9.12. The summed E-state index contributed by atoms with van der Waals surface area (Å²) in [6.45, 7) is 1.83. The molecule has 0 spiro atoms. The number of aromatic nitrogens is 4. The zero-order valence-electron chi connectivity index (χ0n) is 16.9. The molecule has 0 radical (unpaired) electrons. The second-order valence-electron chi connectivity index (χ2n) is 7.67. The van der Waals surface area contributed by atoms with Crippen LogP contribution < -0.4 is 0 Å². The summed E-state index contributed by atoms with van der Waals surface area (Å²) in [5.41, 5.74) is 1.83. The molecule has 0 aliphatic carbocycles. The van der Waals surface area contributed by atoms with Crippen molar-refractivity contribution in [1.29, 1.82) is 0 Å². The van der Waals surface area contributed by atoms with Gasteiger partial charge in [0.1, 0.15) is 18.8 Å². The first-order chi connectivity index (χ1) is 13.3. The van der Waals surface area contributed by atoms with E-state index in [9.17, 15) is 9.46 Å². The van der Waals surface area contributed by atoms with E-state index >= 15 is 0 Å². The van der Waals surface area contributed by atoms with Gasteiger partial charge in [-0.1, -0.05) is 18.1 Å². The molecule has 1 unspecified atom stereocenters. The third-order valence-corrected chi connectivity index (χ3v) is 5.08. The van der Waals surface area contributed by atoms with Gasteiger partial charge < -0.3 is 9.38 Å². The lowest BCUT2D eigenvalue weighted by Gasteiger charge is -2.24. The van der Waals surface area contributed by atoms with E-state index in [0.29, 0.717) is 17.4 Å². The summed E-state index contributed by atoms with van der Waals surface area (Å²) < 4.78 is 24.3. The van der Waals surface area contributed by atoms with Crippen molar-refractivity contribution in [3.05, 3.63) is 30.7 Å². The number of likely N-dealkylation sites (N-methyl/N-ethyl adjacent to an activating group) is 1. The SMILES string of the molecule is C[N+](C)(C)CCOP(=O)(O)OCCCCCCn1cc(-c2ccncc2)nn1. The molecule has 1 atom stereocenters. The number of hydrogen-bond acceptors (Lipinski definition) is 6. The molecule has 2 heterocycles. The molecule has 0 fully saturated rings. The highest BCUT2D eigenvalue weighted by Gasteiger charge is 2.21. The molecule has 0 aliphatic heterocycles. The molecule has 0 saturated carbocycles. The number of unbranched alkanes of at least 4 members (excludes halogenated alkanes) is 3. The van der Waals surface area contributed by atoms with Gasteiger partial charge in [0.25, 0.3) is 0 Å². The number of quaternary nitrogens is 1. The maximum absolute atomic E-state index is 11.8. The van der Waals surface area contributed by atoms with Gasteiger partial charge in [0, 0.05) is 24.5 Å². The Morgan fingerprint density at radius 3 is 2.46 bits per heavy atom. The maximum Gasteiger partial charge on any atom is 0.472 e. The average molecular weight is 412 g/mol. The van der Waals surface area contributed by atoms with Gasteiger partial charge in [-0.25, -0.2) is 4.57 Å². The van der Waals surface area contributed by atoms with Crippen molar-refractivity contribution in [2.75, 3.05) is 40.9 Å². The molecule has 2 rings (SSSR count). The summed E-state index contributed by atoms with van der Waals surface area (Å²) in [5.74, 6) is 0. The molecular weight excluding hydrogens is 381 g/mol. The Bertz CT molecular complexity index is 748. The lowest BCUT2D eigenvalue weighted by Crippen LogP contribution is -2.37. The van der Waals surface area contributed by atoms with E-state index in [0.717, 1.165) is 37.1 Å². The zero-order chi connectivity index (χ0) is 20.5. The van der Waals surface area contributed by atoms with Crippen LogP contribution in [0, 0.1) is 0 Å². The summed E-state index contributed by atoms with van der Waals surface area (Å²) in [6.07, 6.45) is 8.94. The smallest absolute Gasteiger partial charge is 0.329 e. The lowest BCUT2D eigenvalue weighted by molar-refractivity contribution is -0.870. The summed E-state index contributed by atoms with van der Waals surface area (Å²) in [5, 5.41) is 8.31. The number of pyridine rings is 1. The van der Waals surface area contributed by atoms with Gasteiger partial charge in [0.15, 0.2) is 0 Å². The topological polar surface area (TPSA) is 99.4 Å². The molecule has 0 bridgehead atoms. The Hall–Kier alpha value is -1.64. The monoisotopic (exact) mass is 412 g/mol. The van der Waals surface area contributed by atoms with Gasteiger partial charge in [0.05, 0.1) is 33.9 Å². The van der Waals surface area contributed by atoms with Gasteiger partial charge in [0.2, 0.25) is 0 Å². The molecule has 2 aromatic rings. The molecule has 9 nitrogen and oxygen atoms in total. The fraction of sp³-hybridized carbons (Fsp3) is 0.611. The van der Waals surface area contributed by atoms with Crippen LogP contribution in [0.5, 0.6) is 0 Å². The number of nitrogens with zero attached hydrogens (tertiary/aromatic N) is 5. The normalized spacial score (nSPS) is 14.1. The molecule has 0 saturated heterocycles. The number of aryl methyl sites for hydroxylation is 1. The van der Waals surface area contributed by atoms with E-state index in [-0.39, 0.29) is 13.2 Å². The van der Waals surface area contributed by atoms with Crippen LogP contribution >= 0.6 is 7.82 Å². The van der Waals surface area contributed by atoms with Crippen LogP contribution in [0.3, 0.4) is 0 Å². The first-order valence-corrected chi connectivity index (χ1v) is 11.0. The van der Waals surface area contributed by atoms with Gasteiger partial charge >= 0.3 is 7.82 Å². The van der Waals surface area contributed by atoms with Crippen molar-refractivity contribution in [2.24, 2.45) is 0 Å². The van der Waals surface area contributed by atoms with Crippen molar-refractivity contribution >= 4 is 7.82 Å². The third-order valence-electron chi connectivity index (χ3n) is 4.07. The highest BCUT2D eigenvalue weighted by molar-refractivity contribution is 7.47. The van der Waals surface area contributed by atoms with Crippen molar-refractivity contribution in [3.63, 3.8) is 0 Å². The van der Waals surface area contributed by atoms with E-state index < -0.39 is 7.82 Å². The van der Waals surface area contributed by atoms with E-state index in [2.05, 4.69) is 15.3 Å². The third kappa shape index (κ3) is 9.03. The van der Waals surface area contributed by atoms with Crippen molar-refractivity contribution in [2.45, 2.75) is 32.2 Å². The molecule has 0 amide bonds. The van der Waals surface area contributed by atoms with Gasteiger partial charge in [-0.15, -0.1) is 5.10 Å². The van der Waals surface area contributed by atoms with Gasteiger partial charge in [-0.05, 0) is 25.0 Å². The molecule has 1 N–H and O–H groups in total. The summed E-state index contributed by atoms with van der Waals surface area (Å²) >= 11 is 0. The Labute approximate surface area is 166 Å². The van der Waals surface area contributed by atoms with Gasteiger partial charge in [-0.2, -0.15) is 0 Å². The molecule has 156 valence electrons. The number of phosphoric acid groups is 1. The lowest BCUT2D eigenvalue weighted by atomic mass is 10.2. The zero-order valence-corrected chi connectivity index (χ0v) is 17.8. The Morgan fingerprint density at radius 2 is 1.75 bits per heavy atom. The first-order valence-electron chi connectivity index (χ1n) is 9.48. The molecular formula is C18H31N5O4P+. The molecule has 28 heavy (non-hydrogen) atoms. The quantitative estimate of drug-likeness (QED) is 0.307. The van der Waals surface area contributed by atoms with Crippen LogP contribution in [0.1, 0.15) is 25.7 Å². The van der Waals surface area contributed by atoms with Crippen LogP contribution in [0.15, 0.2) is 30.7 Å². The van der Waals surface area contributed by atoms with Crippen LogP contribution in [0.4, 0.5) is 0 Å². The summed E-state index contributed by atoms with van der Waals surface area (Å²) in [7, 11) is 2.03. The van der Waals surface area contributed by atoms with Crippen LogP contribution in [0.25, 0.3) is 11.3 Å². The standard InChI is InChI=1S/C18H30N5O4P/c1-23(2,3)13-15-27-28(24,25)26-14-7-5-4-6-12-22-16-18(20-21-22)17-8-10-19-11-9-17/h8-11,16H,4-7,12-15H2,1-3H3/p+1. The van der Waals surface area contributed by atoms with E-state index in [1.54, 1.807) is 12.4 Å². The highest BCUT2D eigenvalue weighted by atomic mass is 31.2. The fourth-order valence-electron chi connectivity index (χ4n) is 2.44. The second kappa shape index (κ2) is 10.8. The van der Waals surface area contributed by atoms with E-state index in [4.69, 9.17) is 9.05 Å².